The molecule has 8 heteroatoms. The lowest BCUT2D eigenvalue weighted by molar-refractivity contribution is 0.0687. The van der Waals surface area contributed by atoms with Crippen molar-refractivity contribution < 1.29 is 4.79 Å². The van der Waals surface area contributed by atoms with Crippen molar-refractivity contribution in [3.05, 3.63) is 52.8 Å². The van der Waals surface area contributed by atoms with Crippen LogP contribution in [0.25, 0.3) is 16.3 Å². The van der Waals surface area contributed by atoms with Crippen LogP contribution in [-0.4, -0.2) is 51.2 Å². The van der Waals surface area contributed by atoms with Crippen LogP contribution >= 0.6 is 22.9 Å². The summed E-state index contributed by atoms with van der Waals surface area (Å²) in [4.78, 5) is 19.6. The van der Waals surface area contributed by atoms with Gasteiger partial charge in [0.25, 0.3) is 5.91 Å². The topological polar surface area (TPSA) is 63.1 Å². The number of para-hydroxylation sites is 1. The molecule has 0 unspecified atom stereocenters. The molecule has 1 amide bonds. The summed E-state index contributed by atoms with van der Waals surface area (Å²) >= 11 is 7.72. The molecule has 3 heterocycles. The SMILES string of the molecule is CCCN(C(=O)c1csc(-c2cnn(-c3ccccc3Cl)c2)n1)[C@H]1CCNC1. The third-order valence-electron chi connectivity index (χ3n) is 4.85. The minimum atomic E-state index is 0.0107. The lowest BCUT2D eigenvalue weighted by Crippen LogP contribution is -2.42. The highest BCUT2D eigenvalue weighted by molar-refractivity contribution is 7.13. The van der Waals surface area contributed by atoms with E-state index in [1.165, 1.54) is 11.3 Å². The number of thiazole rings is 1. The van der Waals surface area contributed by atoms with Crippen LogP contribution in [0.5, 0.6) is 0 Å². The molecule has 1 aliphatic heterocycles. The Balaban J connectivity index is 1.56. The number of halogens is 1. The van der Waals surface area contributed by atoms with Crippen LogP contribution in [0.2, 0.25) is 5.02 Å². The smallest absolute Gasteiger partial charge is 0.273 e. The molecule has 146 valence electrons. The maximum absolute atomic E-state index is 13.0. The van der Waals surface area contributed by atoms with Crippen molar-refractivity contribution in [2.45, 2.75) is 25.8 Å². The van der Waals surface area contributed by atoms with Gasteiger partial charge in [-0.25, -0.2) is 9.67 Å². The Morgan fingerprint density at radius 3 is 3.04 bits per heavy atom. The molecule has 4 rings (SSSR count). The Bertz CT molecular complexity index is 963. The van der Waals surface area contributed by atoms with Gasteiger partial charge in [-0.3, -0.25) is 4.79 Å². The van der Waals surface area contributed by atoms with Gasteiger partial charge < -0.3 is 10.2 Å². The third kappa shape index (κ3) is 3.83. The number of amides is 1. The second-order valence-electron chi connectivity index (χ2n) is 6.81. The van der Waals surface area contributed by atoms with E-state index in [1.54, 1.807) is 10.9 Å². The summed E-state index contributed by atoms with van der Waals surface area (Å²) in [6, 6.07) is 7.80. The zero-order valence-corrected chi connectivity index (χ0v) is 17.2. The van der Waals surface area contributed by atoms with Gasteiger partial charge in [0.2, 0.25) is 0 Å². The lowest BCUT2D eigenvalue weighted by atomic mass is 10.2. The Kier molecular flexibility index (Phi) is 5.75. The van der Waals surface area contributed by atoms with Gasteiger partial charge in [-0.1, -0.05) is 30.7 Å². The van der Waals surface area contributed by atoms with Crippen molar-refractivity contribution in [1.82, 2.24) is 25.0 Å². The van der Waals surface area contributed by atoms with Crippen molar-refractivity contribution in [1.29, 1.82) is 0 Å². The molecule has 0 spiro atoms. The fraction of sp³-hybridized carbons (Fsp3) is 0.350. The number of benzene rings is 1. The first-order valence-electron chi connectivity index (χ1n) is 9.44. The molecule has 1 saturated heterocycles. The summed E-state index contributed by atoms with van der Waals surface area (Å²) in [5.74, 6) is 0.0107. The monoisotopic (exact) mass is 415 g/mol. The van der Waals surface area contributed by atoms with E-state index in [0.29, 0.717) is 10.7 Å². The summed E-state index contributed by atoms with van der Waals surface area (Å²) in [7, 11) is 0. The first-order valence-corrected chi connectivity index (χ1v) is 10.7. The van der Waals surface area contributed by atoms with Gasteiger partial charge in [0, 0.05) is 36.3 Å². The number of hydrogen-bond acceptors (Lipinski definition) is 5. The van der Waals surface area contributed by atoms with E-state index in [1.807, 2.05) is 40.7 Å². The number of carbonyl (C=O) groups excluding carboxylic acids is 1. The van der Waals surface area contributed by atoms with Crippen LogP contribution in [-0.2, 0) is 0 Å². The van der Waals surface area contributed by atoms with Gasteiger partial charge in [0.15, 0.2) is 0 Å². The quantitative estimate of drug-likeness (QED) is 0.663. The van der Waals surface area contributed by atoms with Crippen molar-refractivity contribution in [3.63, 3.8) is 0 Å². The molecule has 0 radical (unpaired) electrons. The summed E-state index contributed by atoms with van der Waals surface area (Å²) in [6.07, 6.45) is 5.57. The highest BCUT2D eigenvalue weighted by Gasteiger charge is 2.28. The number of nitrogens with one attached hydrogen (secondary N) is 1. The molecule has 1 aliphatic rings. The molecule has 1 atom stereocenters. The van der Waals surface area contributed by atoms with Crippen molar-refractivity contribution in [3.8, 4) is 16.3 Å². The molecule has 0 aliphatic carbocycles. The molecule has 1 fully saturated rings. The molecule has 0 saturated carbocycles. The Morgan fingerprint density at radius 1 is 1.43 bits per heavy atom. The molecule has 1 N–H and O–H groups in total. The number of carbonyl (C=O) groups is 1. The van der Waals surface area contributed by atoms with Gasteiger partial charge in [-0.05, 0) is 31.5 Å². The van der Waals surface area contributed by atoms with Gasteiger partial charge in [0.05, 0.1) is 16.9 Å². The lowest BCUT2D eigenvalue weighted by Gasteiger charge is -2.27. The molecule has 6 nitrogen and oxygen atoms in total. The number of rotatable bonds is 6. The van der Waals surface area contributed by atoms with Gasteiger partial charge in [0.1, 0.15) is 10.7 Å². The van der Waals surface area contributed by atoms with Crippen LogP contribution in [0.3, 0.4) is 0 Å². The summed E-state index contributed by atoms with van der Waals surface area (Å²) in [6.45, 7) is 4.66. The number of hydrogen-bond donors (Lipinski definition) is 1. The van der Waals surface area contributed by atoms with E-state index < -0.39 is 0 Å². The molecule has 28 heavy (non-hydrogen) atoms. The minimum Gasteiger partial charge on any atom is -0.333 e. The highest BCUT2D eigenvalue weighted by atomic mass is 35.5. The fourth-order valence-electron chi connectivity index (χ4n) is 3.45. The zero-order chi connectivity index (χ0) is 19.5. The van der Waals surface area contributed by atoms with E-state index in [0.717, 1.165) is 48.7 Å². The molecular weight excluding hydrogens is 394 g/mol. The van der Waals surface area contributed by atoms with Crippen LogP contribution < -0.4 is 5.32 Å². The molecular formula is C20H22ClN5OS. The van der Waals surface area contributed by atoms with Gasteiger partial charge in [-0.15, -0.1) is 11.3 Å². The second-order valence-corrected chi connectivity index (χ2v) is 8.07. The van der Waals surface area contributed by atoms with Crippen molar-refractivity contribution in [2.75, 3.05) is 19.6 Å². The van der Waals surface area contributed by atoms with E-state index in [-0.39, 0.29) is 11.9 Å². The van der Waals surface area contributed by atoms with Crippen LogP contribution in [0, 0.1) is 0 Å². The van der Waals surface area contributed by atoms with Gasteiger partial charge >= 0.3 is 0 Å². The molecule has 0 bridgehead atoms. The van der Waals surface area contributed by atoms with E-state index >= 15 is 0 Å². The zero-order valence-electron chi connectivity index (χ0n) is 15.6. The second kappa shape index (κ2) is 8.43. The maximum Gasteiger partial charge on any atom is 0.273 e. The average Bonchev–Trinajstić information content (AvgIpc) is 3.47. The normalized spacial score (nSPS) is 16.4. The highest BCUT2D eigenvalue weighted by Crippen LogP contribution is 2.27. The predicted octanol–water partition coefficient (Wildman–Crippen LogP) is 3.86. The van der Waals surface area contributed by atoms with Crippen LogP contribution in [0.4, 0.5) is 0 Å². The first-order chi connectivity index (χ1) is 13.7. The van der Waals surface area contributed by atoms with Crippen molar-refractivity contribution >= 4 is 28.8 Å². The molecule has 2 aromatic heterocycles. The standard InChI is InChI=1S/C20H22ClN5OS/c1-2-9-25(15-7-8-22-11-15)20(27)17-13-28-19(24-17)14-10-23-26(12-14)18-6-4-3-5-16(18)21/h3-6,10,12-13,15,22H,2,7-9,11H2,1H3/t15-/m0/s1. The third-order valence-corrected chi connectivity index (χ3v) is 6.06. The Morgan fingerprint density at radius 2 is 2.29 bits per heavy atom. The summed E-state index contributed by atoms with van der Waals surface area (Å²) in [5, 5.41) is 11.0. The predicted molar refractivity (Wildman–Crippen MR) is 112 cm³/mol. The van der Waals surface area contributed by atoms with E-state index in [9.17, 15) is 4.79 Å². The summed E-state index contributed by atoms with van der Waals surface area (Å²) < 4.78 is 1.73. The fourth-order valence-corrected chi connectivity index (χ4v) is 4.44. The molecule has 3 aromatic rings. The minimum absolute atomic E-state index is 0.0107. The largest absolute Gasteiger partial charge is 0.333 e. The number of nitrogens with zero attached hydrogens (tertiary/aromatic N) is 4. The Hall–Kier alpha value is -2.22. The molecule has 1 aromatic carbocycles. The van der Waals surface area contributed by atoms with Crippen LogP contribution in [0.15, 0.2) is 42.0 Å². The maximum atomic E-state index is 13.0. The van der Waals surface area contributed by atoms with Gasteiger partial charge in [-0.2, -0.15) is 5.10 Å². The first kappa shape index (κ1) is 19.1. The number of aromatic nitrogens is 3. The van der Waals surface area contributed by atoms with Crippen LogP contribution in [0.1, 0.15) is 30.3 Å². The average molecular weight is 416 g/mol. The van der Waals surface area contributed by atoms with Crippen molar-refractivity contribution in [2.24, 2.45) is 0 Å². The summed E-state index contributed by atoms with van der Waals surface area (Å²) in [5.41, 5.74) is 2.19. The van der Waals surface area contributed by atoms with E-state index in [4.69, 9.17) is 11.6 Å². The van der Waals surface area contributed by atoms with E-state index in [2.05, 4.69) is 22.3 Å². The Labute approximate surface area is 173 Å².